The molecule has 0 aliphatic heterocycles. The van der Waals surface area contributed by atoms with Crippen LogP contribution in [0.1, 0.15) is 168 Å². The molecule has 0 saturated carbocycles. The third kappa shape index (κ3) is 13.7. The molecule has 2 unspecified atom stereocenters. The maximum atomic E-state index is 11.8. The maximum Gasteiger partial charge on any atom is 0.306 e. The first-order chi connectivity index (χ1) is 32.7. The number of alkyl halides is 1. The van der Waals surface area contributed by atoms with E-state index in [9.17, 15) is 19.8 Å². The van der Waals surface area contributed by atoms with E-state index in [4.69, 9.17) is 9.47 Å². The fourth-order valence-corrected chi connectivity index (χ4v) is 9.86. The number of phenolic OH excluding ortho intramolecular Hbond substituents is 1. The van der Waals surface area contributed by atoms with Crippen molar-refractivity contribution in [2.45, 2.75) is 146 Å². The number of benzene rings is 4. The van der Waals surface area contributed by atoms with E-state index in [1.807, 2.05) is 24.3 Å². The average molecular weight is 998 g/mol. The van der Waals surface area contributed by atoms with E-state index in [0.717, 1.165) is 38.9 Å². The number of phenols is 1. The van der Waals surface area contributed by atoms with Crippen LogP contribution in [0.5, 0.6) is 11.5 Å². The standard InChI is InChI=1S/C28H32N2O3.C15H21Br.C15H16N2O3/c1-27(2)11-12-28(3,4)25-13-19(5-10-24(25)27)17-33-22-8-6-20(7-9-22)23(14-26(31)32)21-15-29-18-30-16-21;1-14(2)7-8-15(3,4)13-9-11(10-16)5-6-12(13)14;1-2-20-15(19)7-14(12-8-16-10-17-9-12)11-3-5-13(18)6-4-11/h5-10,13,15-16,18,23H,11-12,14,17H2,1-4H3,(H,31,32);5-6,9H,7-8,10H2,1-4H3;3-6,8-10,14,18H,2,7H2,1H3. The molecule has 10 nitrogen and oxygen atoms in total. The minimum absolute atomic E-state index is 0.0190. The number of aliphatic carboxylic acids is 1. The Morgan fingerprint density at radius 3 is 1.45 bits per heavy atom. The molecule has 2 aliphatic rings. The number of esters is 1. The second-order valence-corrected chi connectivity index (χ2v) is 21.5. The summed E-state index contributed by atoms with van der Waals surface area (Å²) in [6, 6.07) is 28.2. The number of rotatable bonds is 13. The molecule has 2 atom stereocenters. The molecule has 0 radical (unpaired) electrons. The number of nitrogens with zero attached hydrogens (tertiary/aromatic N) is 4. The van der Waals surface area contributed by atoms with Gasteiger partial charge in [-0.15, -0.1) is 0 Å². The monoisotopic (exact) mass is 996 g/mol. The number of carbonyl (C=O) groups excluding carboxylic acids is 1. The van der Waals surface area contributed by atoms with Crippen molar-refractivity contribution in [1.82, 2.24) is 19.9 Å². The number of carboxylic acid groups (broad SMARTS) is 1. The van der Waals surface area contributed by atoms with Crippen LogP contribution >= 0.6 is 15.9 Å². The van der Waals surface area contributed by atoms with Crippen LogP contribution in [0, 0.1) is 0 Å². The molecule has 4 aromatic carbocycles. The number of aromatic hydroxyl groups is 1. The molecule has 2 N–H and O–H groups in total. The highest BCUT2D eigenvalue weighted by Crippen LogP contribution is 2.47. The van der Waals surface area contributed by atoms with Gasteiger partial charge in [0.25, 0.3) is 0 Å². The molecule has 6 aromatic rings. The molecule has 364 valence electrons. The Balaban J connectivity index is 0.000000185. The van der Waals surface area contributed by atoms with Crippen LogP contribution < -0.4 is 4.74 Å². The lowest BCUT2D eigenvalue weighted by atomic mass is 9.63. The number of carboxylic acids is 1. The molecule has 11 heteroatoms. The van der Waals surface area contributed by atoms with Gasteiger partial charge < -0.3 is 19.7 Å². The molecular formula is C58H69BrN4O6. The largest absolute Gasteiger partial charge is 0.508 e. The van der Waals surface area contributed by atoms with Crippen molar-refractivity contribution in [3.8, 4) is 11.5 Å². The summed E-state index contributed by atoms with van der Waals surface area (Å²) in [5, 5.41) is 19.7. The Labute approximate surface area is 417 Å². The van der Waals surface area contributed by atoms with Gasteiger partial charge in [-0.2, -0.15) is 0 Å². The quantitative estimate of drug-likeness (QED) is 0.0847. The van der Waals surface area contributed by atoms with Gasteiger partial charge in [-0.25, -0.2) is 19.9 Å². The number of carbonyl (C=O) groups is 2. The summed E-state index contributed by atoms with van der Waals surface area (Å²) in [4.78, 5) is 39.2. The lowest BCUT2D eigenvalue weighted by Crippen LogP contribution is -2.33. The normalized spacial score (nSPS) is 16.6. The van der Waals surface area contributed by atoms with Gasteiger partial charge in [0.2, 0.25) is 0 Å². The van der Waals surface area contributed by atoms with Crippen LogP contribution in [0.2, 0.25) is 0 Å². The van der Waals surface area contributed by atoms with Crippen molar-refractivity contribution >= 4 is 27.9 Å². The molecule has 0 amide bonds. The van der Waals surface area contributed by atoms with Crippen molar-refractivity contribution in [2.24, 2.45) is 0 Å². The Morgan fingerprint density at radius 2 is 1.00 bits per heavy atom. The number of hydrogen-bond acceptors (Lipinski definition) is 9. The zero-order valence-electron chi connectivity index (χ0n) is 41.8. The molecule has 0 saturated heterocycles. The first-order valence-electron chi connectivity index (χ1n) is 24.0. The first-order valence-corrected chi connectivity index (χ1v) is 25.1. The van der Waals surface area contributed by atoms with Crippen LogP contribution in [-0.4, -0.2) is 48.7 Å². The van der Waals surface area contributed by atoms with E-state index in [1.54, 1.807) is 67.1 Å². The highest BCUT2D eigenvalue weighted by Gasteiger charge is 2.38. The summed E-state index contributed by atoms with van der Waals surface area (Å²) in [6.45, 7) is 21.4. The Kier molecular flexibility index (Phi) is 17.2. The van der Waals surface area contributed by atoms with Crippen molar-refractivity contribution < 1.29 is 29.3 Å². The Morgan fingerprint density at radius 1 is 0.580 bits per heavy atom. The molecular weight excluding hydrogens is 929 g/mol. The minimum Gasteiger partial charge on any atom is -0.508 e. The SMILES string of the molecule is CC1(C)CCC(C)(C)c2cc(CBr)ccc21.CC1(C)CCC(C)(C)c2cc(COc3ccc(C(CC(=O)O)c4cncnc4)cc3)ccc21.CCOC(=O)CC(c1ccc(O)cc1)c1cncnc1. The van der Waals surface area contributed by atoms with Gasteiger partial charge in [0, 0.05) is 42.0 Å². The minimum atomic E-state index is -0.859. The van der Waals surface area contributed by atoms with Crippen LogP contribution in [-0.2, 0) is 47.9 Å². The van der Waals surface area contributed by atoms with Gasteiger partial charge in [-0.05, 0) is 134 Å². The van der Waals surface area contributed by atoms with Crippen LogP contribution in [0.25, 0.3) is 0 Å². The topological polar surface area (TPSA) is 145 Å². The van der Waals surface area contributed by atoms with Gasteiger partial charge in [0.15, 0.2) is 0 Å². The average Bonchev–Trinajstić information content (AvgIpc) is 3.34. The first kappa shape index (κ1) is 52.4. The fourth-order valence-electron chi connectivity index (χ4n) is 9.51. The second kappa shape index (κ2) is 22.7. The maximum absolute atomic E-state index is 11.8. The van der Waals surface area contributed by atoms with Gasteiger partial charge in [-0.1, -0.05) is 132 Å². The third-order valence-corrected chi connectivity index (χ3v) is 14.6. The van der Waals surface area contributed by atoms with E-state index in [0.29, 0.717) is 24.0 Å². The van der Waals surface area contributed by atoms with Crippen molar-refractivity contribution in [3.05, 3.63) is 178 Å². The Bertz CT molecular complexity index is 2630. The zero-order valence-corrected chi connectivity index (χ0v) is 43.3. The second-order valence-electron chi connectivity index (χ2n) is 20.9. The number of halogens is 1. The summed E-state index contributed by atoms with van der Waals surface area (Å²) in [5.41, 5.74) is 13.0. The summed E-state index contributed by atoms with van der Waals surface area (Å²) in [5.74, 6) is -0.667. The fraction of sp³-hybridized carbons (Fsp3) is 0.414. The number of aromatic nitrogens is 4. The number of ether oxygens (including phenoxy) is 2. The number of fused-ring (bicyclic) bond motifs is 2. The highest BCUT2D eigenvalue weighted by molar-refractivity contribution is 9.08. The molecule has 2 aliphatic carbocycles. The summed E-state index contributed by atoms with van der Waals surface area (Å²) < 4.78 is 11.1. The lowest BCUT2D eigenvalue weighted by Gasteiger charge is -2.42. The molecule has 2 aromatic heterocycles. The summed E-state index contributed by atoms with van der Waals surface area (Å²) in [7, 11) is 0. The highest BCUT2D eigenvalue weighted by atomic mass is 79.9. The summed E-state index contributed by atoms with van der Waals surface area (Å²) in [6.07, 6.45) is 14.8. The molecule has 69 heavy (non-hydrogen) atoms. The van der Waals surface area contributed by atoms with Crippen LogP contribution in [0.15, 0.2) is 122 Å². The van der Waals surface area contributed by atoms with Crippen molar-refractivity contribution in [2.75, 3.05) is 6.61 Å². The third-order valence-electron chi connectivity index (χ3n) is 14.0. The number of hydrogen-bond donors (Lipinski definition) is 2. The van der Waals surface area contributed by atoms with E-state index < -0.39 is 5.97 Å². The molecule has 0 spiro atoms. The predicted octanol–water partition coefficient (Wildman–Crippen LogP) is 13.2. The van der Waals surface area contributed by atoms with Gasteiger partial charge in [0.05, 0.1) is 19.4 Å². The summed E-state index contributed by atoms with van der Waals surface area (Å²) >= 11 is 3.55. The van der Waals surface area contributed by atoms with Gasteiger partial charge >= 0.3 is 11.9 Å². The smallest absolute Gasteiger partial charge is 0.306 e. The van der Waals surface area contributed by atoms with Gasteiger partial charge in [0.1, 0.15) is 30.8 Å². The van der Waals surface area contributed by atoms with Crippen LogP contribution in [0.4, 0.5) is 0 Å². The van der Waals surface area contributed by atoms with E-state index in [2.05, 4.69) is 128 Å². The van der Waals surface area contributed by atoms with Gasteiger partial charge in [-0.3, -0.25) is 9.59 Å². The molecule has 8 rings (SSSR count). The predicted molar refractivity (Wildman–Crippen MR) is 276 cm³/mol. The molecule has 0 bridgehead atoms. The Hall–Kier alpha value is -5.94. The van der Waals surface area contributed by atoms with E-state index >= 15 is 0 Å². The molecule has 0 fully saturated rings. The van der Waals surface area contributed by atoms with Crippen molar-refractivity contribution in [1.29, 1.82) is 0 Å². The van der Waals surface area contributed by atoms with E-state index in [1.165, 1.54) is 55.0 Å². The zero-order chi connectivity index (χ0) is 50.0. The van der Waals surface area contributed by atoms with E-state index in [-0.39, 0.29) is 47.2 Å². The van der Waals surface area contributed by atoms with Crippen molar-refractivity contribution in [3.63, 3.8) is 0 Å². The molecule has 2 heterocycles. The van der Waals surface area contributed by atoms with Crippen LogP contribution in [0.3, 0.4) is 0 Å². The lowest BCUT2D eigenvalue weighted by molar-refractivity contribution is -0.143.